The van der Waals surface area contributed by atoms with E-state index in [-0.39, 0.29) is 5.82 Å². The van der Waals surface area contributed by atoms with Gasteiger partial charge in [0.2, 0.25) is 0 Å². The predicted molar refractivity (Wildman–Crippen MR) is 64.2 cm³/mol. The van der Waals surface area contributed by atoms with Crippen molar-refractivity contribution in [2.45, 2.75) is 12.5 Å². The minimum atomic E-state index is -0.745. The summed E-state index contributed by atoms with van der Waals surface area (Å²) < 4.78 is 13.4. The van der Waals surface area contributed by atoms with E-state index in [1.807, 2.05) is 13.0 Å². The summed E-state index contributed by atoms with van der Waals surface area (Å²) in [4.78, 5) is 4.90. The van der Waals surface area contributed by atoms with Crippen LogP contribution < -0.4 is 5.73 Å². The van der Waals surface area contributed by atoms with Crippen molar-refractivity contribution in [3.63, 3.8) is 0 Å². The van der Waals surface area contributed by atoms with E-state index in [9.17, 15) is 4.39 Å². The fourth-order valence-corrected chi connectivity index (χ4v) is 2.51. The van der Waals surface area contributed by atoms with Crippen molar-refractivity contribution in [2.24, 2.45) is 5.73 Å². The molecule has 0 aliphatic carbocycles. The van der Waals surface area contributed by atoms with Crippen LogP contribution in [0.2, 0.25) is 4.34 Å². The highest BCUT2D eigenvalue weighted by Crippen LogP contribution is 2.32. The van der Waals surface area contributed by atoms with Crippen LogP contribution in [0, 0.1) is 5.82 Å². The molecule has 0 amide bonds. The van der Waals surface area contributed by atoms with Crippen LogP contribution in [-0.2, 0) is 5.54 Å². The first-order chi connectivity index (χ1) is 7.50. The molecule has 84 valence electrons. The van der Waals surface area contributed by atoms with Gasteiger partial charge in [0.25, 0.3) is 0 Å². The summed E-state index contributed by atoms with van der Waals surface area (Å²) in [5.41, 5.74) is 6.06. The number of halogens is 2. The molecule has 0 saturated carbocycles. The van der Waals surface area contributed by atoms with Gasteiger partial charge in [0.1, 0.15) is 5.82 Å². The largest absolute Gasteiger partial charge is 0.316 e. The van der Waals surface area contributed by atoms with Gasteiger partial charge in [0.05, 0.1) is 21.8 Å². The maximum absolute atomic E-state index is 12.8. The molecule has 2 aromatic rings. The minimum absolute atomic E-state index is 0.372. The van der Waals surface area contributed by atoms with Crippen LogP contribution >= 0.6 is 22.9 Å². The van der Waals surface area contributed by atoms with Gasteiger partial charge >= 0.3 is 0 Å². The molecule has 1 unspecified atom stereocenters. The normalized spacial score (nSPS) is 14.8. The molecule has 16 heavy (non-hydrogen) atoms. The van der Waals surface area contributed by atoms with Crippen LogP contribution in [-0.4, -0.2) is 4.98 Å². The fraction of sp³-hybridized carbons (Fsp3) is 0.182. The van der Waals surface area contributed by atoms with Crippen LogP contribution in [0.5, 0.6) is 0 Å². The minimum Gasteiger partial charge on any atom is -0.316 e. The fourth-order valence-electron chi connectivity index (χ4n) is 1.40. The second-order valence-electron chi connectivity index (χ2n) is 3.67. The number of rotatable bonds is 2. The van der Waals surface area contributed by atoms with Gasteiger partial charge in [-0.15, -0.1) is 11.3 Å². The van der Waals surface area contributed by atoms with E-state index in [2.05, 4.69) is 4.98 Å². The molecule has 2 heterocycles. The number of aromatic nitrogens is 1. The Bertz CT molecular complexity index is 493. The van der Waals surface area contributed by atoms with E-state index in [1.165, 1.54) is 17.4 Å². The Kier molecular flexibility index (Phi) is 2.97. The van der Waals surface area contributed by atoms with E-state index in [4.69, 9.17) is 17.3 Å². The zero-order chi connectivity index (χ0) is 11.8. The number of thiophene rings is 1. The third kappa shape index (κ3) is 2.09. The average molecular weight is 257 g/mol. The number of nitrogens with two attached hydrogens (primary N) is 1. The van der Waals surface area contributed by atoms with E-state index in [0.717, 1.165) is 11.1 Å². The summed E-state index contributed by atoms with van der Waals surface area (Å²) in [7, 11) is 0. The standard InChI is InChI=1S/C11H10ClFN2S/c1-11(14,9-4-5-10(12)16-9)8-3-2-7(13)6-15-8/h2-6H,14H2,1H3. The number of pyridine rings is 1. The number of hydrogen-bond acceptors (Lipinski definition) is 3. The zero-order valence-corrected chi connectivity index (χ0v) is 10.1. The average Bonchev–Trinajstić information content (AvgIpc) is 2.66. The lowest BCUT2D eigenvalue weighted by Gasteiger charge is -2.22. The van der Waals surface area contributed by atoms with Crippen molar-refractivity contribution in [1.82, 2.24) is 4.98 Å². The van der Waals surface area contributed by atoms with Gasteiger partial charge in [-0.1, -0.05) is 11.6 Å². The predicted octanol–water partition coefficient (Wildman–Crippen LogP) is 3.16. The monoisotopic (exact) mass is 256 g/mol. The molecule has 0 bridgehead atoms. The zero-order valence-electron chi connectivity index (χ0n) is 8.58. The second kappa shape index (κ2) is 4.13. The summed E-state index contributed by atoms with van der Waals surface area (Å²) in [5, 5.41) is 0. The Morgan fingerprint density at radius 1 is 1.38 bits per heavy atom. The van der Waals surface area contributed by atoms with E-state index >= 15 is 0 Å². The first-order valence-corrected chi connectivity index (χ1v) is 5.86. The molecule has 2 N–H and O–H groups in total. The molecule has 0 radical (unpaired) electrons. The smallest absolute Gasteiger partial charge is 0.141 e. The molecule has 2 rings (SSSR count). The first-order valence-electron chi connectivity index (χ1n) is 4.67. The summed E-state index contributed by atoms with van der Waals surface area (Å²) in [6.07, 6.45) is 1.16. The van der Waals surface area contributed by atoms with Gasteiger partial charge in [0.15, 0.2) is 0 Å². The Balaban J connectivity index is 2.42. The molecule has 2 nitrogen and oxygen atoms in total. The van der Waals surface area contributed by atoms with Crippen molar-refractivity contribution in [3.8, 4) is 0 Å². The number of nitrogens with zero attached hydrogens (tertiary/aromatic N) is 1. The van der Waals surface area contributed by atoms with Crippen molar-refractivity contribution < 1.29 is 4.39 Å². The Hall–Kier alpha value is -0.970. The summed E-state index contributed by atoms with van der Waals surface area (Å²) >= 11 is 7.26. The summed E-state index contributed by atoms with van der Waals surface area (Å²) in [5.74, 6) is -0.372. The van der Waals surface area contributed by atoms with E-state index in [0.29, 0.717) is 10.0 Å². The topological polar surface area (TPSA) is 38.9 Å². The van der Waals surface area contributed by atoms with Gasteiger partial charge in [0, 0.05) is 4.88 Å². The molecule has 1 atom stereocenters. The van der Waals surface area contributed by atoms with Crippen LogP contribution in [0.1, 0.15) is 17.5 Å². The van der Waals surface area contributed by atoms with Crippen LogP contribution in [0.4, 0.5) is 4.39 Å². The van der Waals surface area contributed by atoms with Crippen molar-refractivity contribution >= 4 is 22.9 Å². The maximum Gasteiger partial charge on any atom is 0.141 e. The Morgan fingerprint density at radius 2 is 2.12 bits per heavy atom. The van der Waals surface area contributed by atoms with Gasteiger partial charge in [-0.25, -0.2) is 4.39 Å². The quantitative estimate of drug-likeness (QED) is 0.897. The lowest BCUT2D eigenvalue weighted by atomic mass is 9.96. The van der Waals surface area contributed by atoms with Gasteiger partial charge in [-0.05, 0) is 31.2 Å². The molecular formula is C11H10ClFN2S. The van der Waals surface area contributed by atoms with Crippen molar-refractivity contribution in [2.75, 3.05) is 0 Å². The number of hydrogen-bond donors (Lipinski definition) is 1. The molecule has 0 aromatic carbocycles. The van der Waals surface area contributed by atoms with Crippen LogP contribution in [0.3, 0.4) is 0 Å². The molecular weight excluding hydrogens is 247 g/mol. The molecule has 5 heteroatoms. The molecule has 0 aliphatic heterocycles. The highest BCUT2D eigenvalue weighted by Gasteiger charge is 2.26. The summed E-state index contributed by atoms with van der Waals surface area (Å²) in [6.45, 7) is 1.83. The van der Waals surface area contributed by atoms with Gasteiger partial charge in [-0.2, -0.15) is 0 Å². The Labute approximate surface area is 102 Å². The third-order valence-corrected chi connectivity index (χ3v) is 3.81. The van der Waals surface area contributed by atoms with E-state index < -0.39 is 5.54 Å². The first kappa shape index (κ1) is 11.5. The Morgan fingerprint density at radius 3 is 2.62 bits per heavy atom. The van der Waals surface area contributed by atoms with Crippen LogP contribution in [0.25, 0.3) is 0 Å². The summed E-state index contributed by atoms with van der Waals surface area (Å²) in [6, 6.07) is 6.58. The lowest BCUT2D eigenvalue weighted by Crippen LogP contribution is -2.34. The van der Waals surface area contributed by atoms with Gasteiger partial charge in [-0.3, -0.25) is 4.98 Å². The molecule has 2 aromatic heterocycles. The van der Waals surface area contributed by atoms with E-state index in [1.54, 1.807) is 12.1 Å². The molecule has 0 spiro atoms. The highest BCUT2D eigenvalue weighted by molar-refractivity contribution is 7.16. The lowest BCUT2D eigenvalue weighted by molar-refractivity contribution is 0.577. The van der Waals surface area contributed by atoms with Gasteiger partial charge < -0.3 is 5.73 Å². The van der Waals surface area contributed by atoms with Crippen LogP contribution in [0.15, 0.2) is 30.5 Å². The SMILES string of the molecule is CC(N)(c1ccc(F)cn1)c1ccc(Cl)s1. The maximum atomic E-state index is 12.8. The van der Waals surface area contributed by atoms with Crippen molar-refractivity contribution in [1.29, 1.82) is 0 Å². The van der Waals surface area contributed by atoms with Crippen molar-refractivity contribution in [3.05, 3.63) is 51.2 Å². The third-order valence-electron chi connectivity index (χ3n) is 2.34. The second-order valence-corrected chi connectivity index (χ2v) is 5.38. The molecule has 0 aliphatic rings. The molecule has 0 saturated heterocycles. The molecule has 0 fully saturated rings. The highest BCUT2D eigenvalue weighted by atomic mass is 35.5.